The van der Waals surface area contributed by atoms with E-state index in [1.165, 1.54) is 7.11 Å². The largest absolute Gasteiger partial charge is 0.483 e. The first-order chi connectivity index (χ1) is 9.65. The quantitative estimate of drug-likeness (QED) is 0.913. The molecule has 0 radical (unpaired) electrons. The van der Waals surface area contributed by atoms with Crippen LogP contribution in [0, 0.1) is 11.6 Å². The molecule has 106 valence electrons. The Morgan fingerprint density at radius 1 is 1.25 bits per heavy atom. The molecule has 2 N–H and O–H groups in total. The van der Waals surface area contributed by atoms with Crippen molar-refractivity contribution in [1.82, 2.24) is 4.98 Å². The van der Waals surface area contributed by atoms with Gasteiger partial charge in [-0.1, -0.05) is 0 Å². The molecule has 1 aromatic heterocycles. The summed E-state index contributed by atoms with van der Waals surface area (Å²) in [5, 5.41) is 0. The lowest BCUT2D eigenvalue weighted by molar-refractivity contribution is 0.266. The van der Waals surface area contributed by atoms with E-state index < -0.39 is 17.4 Å². The van der Waals surface area contributed by atoms with E-state index in [2.05, 4.69) is 4.98 Å². The number of nitrogens with zero attached hydrogens (tertiary/aromatic N) is 1. The Morgan fingerprint density at radius 3 is 2.55 bits per heavy atom. The summed E-state index contributed by atoms with van der Waals surface area (Å²) in [5.74, 6) is -1.65. The van der Waals surface area contributed by atoms with Crippen molar-refractivity contribution < 1.29 is 18.3 Å². The second-order valence-corrected chi connectivity index (χ2v) is 4.05. The minimum Gasteiger partial charge on any atom is -0.483 e. The van der Waals surface area contributed by atoms with Crippen LogP contribution >= 0.6 is 0 Å². The highest BCUT2D eigenvalue weighted by atomic mass is 19.1. The molecule has 0 spiro atoms. The zero-order valence-electron chi connectivity index (χ0n) is 10.9. The van der Waals surface area contributed by atoms with E-state index >= 15 is 0 Å². The average Bonchev–Trinajstić information content (AvgIpc) is 2.46. The smallest absolute Gasteiger partial charge is 0.219 e. The van der Waals surface area contributed by atoms with Crippen LogP contribution in [0.3, 0.4) is 0 Å². The van der Waals surface area contributed by atoms with Crippen molar-refractivity contribution in [2.24, 2.45) is 5.73 Å². The topological polar surface area (TPSA) is 57.4 Å². The molecule has 0 bridgehead atoms. The van der Waals surface area contributed by atoms with Gasteiger partial charge in [-0.05, 0) is 29.8 Å². The molecule has 2 rings (SSSR count). The minimum absolute atomic E-state index is 0.0488. The molecular formula is C14H14F2N2O2. The van der Waals surface area contributed by atoms with Gasteiger partial charge in [-0.15, -0.1) is 0 Å². The molecular weight excluding hydrogens is 266 g/mol. The third kappa shape index (κ3) is 3.03. The number of benzene rings is 1. The molecule has 0 saturated heterocycles. The Labute approximate surface area is 115 Å². The van der Waals surface area contributed by atoms with Gasteiger partial charge in [0.1, 0.15) is 6.61 Å². The summed E-state index contributed by atoms with van der Waals surface area (Å²) < 4.78 is 37.7. The van der Waals surface area contributed by atoms with Gasteiger partial charge in [0.25, 0.3) is 0 Å². The maximum Gasteiger partial charge on any atom is 0.219 e. The van der Waals surface area contributed by atoms with Gasteiger partial charge in [-0.25, -0.2) is 13.8 Å². The maximum atomic E-state index is 13.7. The maximum absolute atomic E-state index is 13.7. The molecule has 6 heteroatoms. The molecule has 0 atom stereocenters. The molecule has 0 saturated carbocycles. The molecule has 0 fully saturated rings. The van der Waals surface area contributed by atoms with Crippen LogP contribution in [0.4, 0.5) is 8.78 Å². The molecule has 0 aliphatic carbocycles. The molecule has 0 unspecified atom stereocenters. The van der Waals surface area contributed by atoms with E-state index in [1.807, 2.05) is 0 Å². The minimum atomic E-state index is -0.784. The normalized spacial score (nSPS) is 10.4. The highest BCUT2D eigenvalue weighted by molar-refractivity contribution is 5.32. The first-order valence-electron chi connectivity index (χ1n) is 5.94. The summed E-state index contributed by atoms with van der Waals surface area (Å²) in [6, 6.07) is 5.69. The fourth-order valence-electron chi connectivity index (χ4n) is 1.74. The summed E-state index contributed by atoms with van der Waals surface area (Å²) in [6.07, 6.45) is 1.56. The summed E-state index contributed by atoms with van der Waals surface area (Å²) in [4.78, 5) is 3.98. The number of rotatable bonds is 5. The zero-order valence-corrected chi connectivity index (χ0v) is 10.9. The number of nitrogens with two attached hydrogens (primary N) is 1. The van der Waals surface area contributed by atoms with Crippen molar-refractivity contribution >= 4 is 0 Å². The number of aromatic nitrogens is 1. The van der Waals surface area contributed by atoms with E-state index in [1.54, 1.807) is 18.3 Å². The average molecular weight is 280 g/mol. The Morgan fingerprint density at radius 2 is 1.95 bits per heavy atom. The third-order valence-corrected chi connectivity index (χ3v) is 2.71. The highest BCUT2D eigenvalue weighted by Gasteiger charge is 2.13. The first-order valence-corrected chi connectivity index (χ1v) is 5.94. The van der Waals surface area contributed by atoms with Crippen LogP contribution in [0.25, 0.3) is 0 Å². The van der Waals surface area contributed by atoms with E-state index in [4.69, 9.17) is 15.2 Å². The number of pyridine rings is 1. The van der Waals surface area contributed by atoms with Gasteiger partial charge < -0.3 is 15.2 Å². The summed E-state index contributed by atoms with van der Waals surface area (Å²) >= 11 is 0. The molecule has 1 heterocycles. The lowest BCUT2D eigenvalue weighted by Gasteiger charge is -2.11. The van der Waals surface area contributed by atoms with Crippen LogP contribution in [0.1, 0.15) is 11.1 Å². The van der Waals surface area contributed by atoms with Crippen LogP contribution in [0.5, 0.6) is 11.6 Å². The fourth-order valence-corrected chi connectivity index (χ4v) is 1.74. The van der Waals surface area contributed by atoms with Crippen molar-refractivity contribution in [3.63, 3.8) is 0 Å². The Balaban J connectivity index is 2.19. The number of ether oxygens (including phenoxy) is 2. The molecule has 1 aromatic carbocycles. The van der Waals surface area contributed by atoms with Crippen LogP contribution < -0.4 is 15.2 Å². The molecule has 2 aromatic rings. The van der Waals surface area contributed by atoms with Crippen molar-refractivity contribution in [3.05, 3.63) is 53.2 Å². The lowest BCUT2D eigenvalue weighted by Crippen LogP contribution is -2.05. The SMILES string of the molecule is COc1ncccc1COc1c(F)cc(CN)cc1F. The summed E-state index contributed by atoms with van der Waals surface area (Å²) in [7, 11) is 1.46. The van der Waals surface area contributed by atoms with E-state index in [0.717, 1.165) is 12.1 Å². The van der Waals surface area contributed by atoms with Crippen LogP contribution in [-0.2, 0) is 13.2 Å². The number of methoxy groups -OCH3 is 1. The Kier molecular flexibility index (Phi) is 4.47. The Bertz CT molecular complexity index is 582. The van der Waals surface area contributed by atoms with E-state index in [-0.39, 0.29) is 13.2 Å². The molecule has 0 aliphatic heterocycles. The second kappa shape index (κ2) is 6.29. The molecule has 20 heavy (non-hydrogen) atoms. The molecule has 0 amide bonds. The van der Waals surface area contributed by atoms with Gasteiger partial charge in [0.05, 0.1) is 12.7 Å². The predicted molar refractivity (Wildman–Crippen MR) is 69.4 cm³/mol. The van der Waals surface area contributed by atoms with Gasteiger partial charge in [0, 0.05) is 12.7 Å². The van der Waals surface area contributed by atoms with Gasteiger partial charge in [-0.3, -0.25) is 0 Å². The van der Waals surface area contributed by atoms with Gasteiger partial charge in [-0.2, -0.15) is 0 Å². The van der Waals surface area contributed by atoms with Crippen LogP contribution in [0.2, 0.25) is 0 Å². The van der Waals surface area contributed by atoms with Crippen molar-refractivity contribution in [2.75, 3.05) is 7.11 Å². The lowest BCUT2D eigenvalue weighted by atomic mass is 10.2. The highest BCUT2D eigenvalue weighted by Crippen LogP contribution is 2.25. The monoisotopic (exact) mass is 280 g/mol. The number of hydrogen-bond acceptors (Lipinski definition) is 4. The van der Waals surface area contributed by atoms with Crippen LogP contribution in [-0.4, -0.2) is 12.1 Å². The third-order valence-electron chi connectivity index (χ3n) is 2.71. The van der Waals surface area contributed by atoms with Crippen LogP contribution in [0.15, 0.2) is 30.5 Å². The number of hydrogen-bond donors (Lipinski definition) is 1. The summed E-state index contributed by atoms with van der Waals surface area (Å²) in [5.41, 5.74) is 6.30. The van der Waals surface area contributed by atoms with Crippen molar-refractivity contribution in [1.29, 1.82) is 0 Å². The molecule has 0 aliphatic rings. The predicted octanol–water partition coefficient (Wildman–Crippen LogP) is 2.41. The van der Waals surface area contributed by atoms with E-state index in [0.29, 0.717) is 17.0 Å². The standard InChI is InChI=1S/C14H14F2N2O2/c1-19-14-10(3-2-4-18-14)8-20-13-11(15)5-9(7-17)6-12(13)16/h2-6H,7-8,17H2,1H3. The summed E-state index contributed by atoms with van der Waals surface area (Å²) in [6.45, 7) is 0.0113. The van der Waals surface area contributed by atoms with Gasteiger partial charge >= 0.3 is 0 Å². The second-order valence-electron chi connectivity index (χ2n) is 4.05. The molecule has 4 nitrogen and oxygen atoms in total. The van der Waals surface area contributed by atoms with Crippen molar-refractivity contribution in [2.45, 2.75) is 13.2 Å². The zero-order chi connectivity index (χ0) is 14.5. The first kappa shape index (κ1) is 14.2. The van der Waals surface area contributed by atoms with Gasteiger partial charge in [0.15, 0.2) is 17.4 Å². The Hall–Kier alpha value is -2.21. The van der Waals surface area contributed by atoms with E-state index in [9.17, 15) is 8.78 Å². The fraction of sp³-hybridized carbons (Fsp3) is 0.214. The van der Waals surface area contributed by atoms with Gasteiger partial charge in [0.2, 0.25) is 5.88 Å². The van der Waals surface area contributed by atoms with Crippen molar-refractivity contribution in [3.8, 4) is 11.6 Å². The number of halogens is 2.